The highest BCUT2D eigenvalue weighted by Crippen LogP contribution is 2.27. The molecule has 18 heavy (non-hydrogen) atoms. The summed E-state index contributed by atoms with van der Waals surface area (Å²) in [6.45, 7) is 0.835. The van der Waals surface area contributed by atoms with Gasteiger partial charge in [-0.05, 0) is 29.8 Å². The van der Waals surface area contributed by atoms with Gasteiger partial charge in [0.1, 0.15) is 0 Å². The number of rotatable bonds is 4. The SMILES string of the molecule is CN(Cc1ccc(Cl)s1)c1ccc(CBr)c(Cl)c1. The van der Waals surface area contributed by atoms with Crippen molar-refractivity contribution in [2.24, 2.45) is 0 Å². The third-order valence-electron chi connectivity index (χ3n) is 2.64. The summed E-state index contributed by atoms with van der Waals surface area (Å²) in [4.78, 5) is 3.40. The van der Waals surface area contributed by atoms with E-state index in [1.807, 2.05) is 25.2 Å². The molecule has 0 aliphatic carbocycles. The van der Waals surface area contributed by atoms with Gasteiger partial charge in [0, 0.05) is 28.0 Å². The van der Waals surface area contributed by atoms with Gasteiger partial charge in [-0.2, -0.15) is 0 Å². The summed E-state index contributed by atoms with van der Waals surface area (Å²) in [5.41, 5.74) is 2.21. The largest absolute Gasteiger partial charge is 0.369 e. The predicted molar refractivity (Wildman–Crippen MR) is 85.5 cm³/mol. The maximum Gasteiger partial charge on any atom is 0.0931 e. The molecule has 1 nitrogen and oxygen atoms in total. The topological polar surface area (TPSA) is 3.24 Å². The van der Waals surface area contributed by atoms with Crippen LogP contribution in [0.15, 0.2) is 30.3 Å². The van der Waals surface area contributed by atoms with Crippen molar-refractivity contribution in [2.75, 3.05) is 11.9 Å². The monoisotopic (exact) mass is 363 g/mol. The Morgan fingerprint density at radius 2 is 2.00 bits per heavy atom. The molecule has 96 valence electrons. The van der Waals surface area contributed by atoms with Crippen molar-refractivity contribution in [3.05, 3.63) is 50.1 Å². The fourth-order valence-electron chi connectivity index (χ4n) is 1.64. The van der Waals surface area contributed by atoms with E-state index in [2.05, 4.69) is 33.0 Å². The van der Waals surface area contributed by atoms with Crippen molar-refractivity contribution in [1.82, 2.24) is 0 Å². The van der Waals surface area contributed by atoms with Gasteiger partial charge in [-0.25, -0.2) is 0 Å². The first-order chi connectivity index (χ1) is 8.60. The van der Waals surface area contributed by atoms with Crippen LogP contribution >= 0.6 is 50.5 Å². The highest BCUT2D eigenvalue weighted by Gasteiger charge is 2.07. The van der Waals surface area contributed by atoms with Gasteiger partial charge in [-0.3, -0.25) is 0 Å². The molecule has 2 rings (SSSR count). The number of anilines is 1. The summed E-state index contributed by atoms with van der Waals surface area (Å²) in [6, 6.07) is 10.1. The molecule has 5 heteroatoms. The molecule has 1 aromatic heterocycles. The molecule has 2 aromatic rings. The zero-order valence-electron chi connectivity index (χ0n) is 9.79. The van der Waals surface area contributed by atoms with E-state index in [4.69, 9.17) is 23.2 Å². The minimum absolute atomic E-state index is 0.774. The van der Waals surface area contributed by atoms with Crippen LogP contribution < -0.4 is 4.90 Å². The lowest BCUT2D eigenvalue weighted by Gasteiger charge is -2.19. The number of hydrogen-bond donors (Lipinski definition) is 0. The molecular weight excluding hydrogens is 353 g/mol. The summed E-state index contributed by atoms with van der Waals surface area (Å²) in [6.07, 6.45) is 0. The molecule has 0 aliphatic rings. The van der Waals surface area contributed by atoms with Crippen LogP contribution in [0.2, 0.25) is 9.36 Å². The van der Waals surface area contributed by atoms with E-state index in [1.165, 1.54) is 4.88 Å². The van der Waals surface area contributed by atoms with Crippen LogP contribution in [-0.4, -0.2) is 7.05 Å². The lowest BCUT2D eigenvalue weighted by Crippen LogP contribution is -2.15. The smallest absolute Gasteiger partial charge is 0.0931 e. The average molecular weight is 365 g/mol. The molecule has 0 saturated heterocycles. The molecule has 0 aliphatic heterocycles. The van der Waals surface area contributed by atoms with Gasteiger partial charge >= 0.3 is 0 Å². The number of nitrogens with zero attached hydrogens (tertiary/aromatic N) is 1. The Bertz CT molecular complexity index is 542. The van der Waals surface area contributed by atoms with Crippen LogP contribution in [0.3, 0.4) is 0 Å². The van der Waals surface area contributed by atoms with Gasteiger partial charge in [0.25, 0.3) is 0 Å². The highest BCUT2D eigenvalue weighted by atomic mass is 79.9. The summed E-state index contributed by atoms with van der Waals surface area (Å²) in [5, 5.41) is 1.57. The van der Waals surface area contributed by atoms with Crippen LogP contribution in [0.1, 0.15) is 10.4 Å². The molecular formula is C13H12BrCl2NS. The third kappa shape index (κ3) is 3.41. The Balaban J connectivity index is 2.13. The molecule has 1 aromatic carbocycles. The van der Waals surface area contributed by atoms with E-state index in [0.29, 0.717) is 0 Å². The number of alkyl halides is 1. The molecule has 0 unspecified atom stereocenters. The fraction of sp³-hybridized carbons (Fsp3) is 0.231. The van der Waals surface area contributed by atoms with Crippen LogP contribution in [0.4, 0.5) is 5.69 Å². The average Bonchev–Trinajstić information content (AvgIpc) is 2.74. The van der Waals surface area contributed by atoms with Gasteiger partial charge in [0.2, 0.25) is 0 Å². The second-order valence-electron chi connectivity index (χ2n) is 3.97. The normalized spacial score (nSPS) is 10.7. The Morgan fingerprint density at radius 3 is 2.56 bits per heavy atom. The lowest BCUT2D eigenvalue weighted by molar-refractivity contribution is 0.940. The van der Waals surface area contributed by atoms with Crippen molar-refractivity contribution < 1.29 is 0 Å². The first-order valence-electron chi connectivity index (χ1n) is 5.40. The van der Waals surface area contributed by atoms with E-state index in [-0.39, 0.29) is 0 Å². The van der Waals surface area contributed by atoms with Crippen LogP contribution in [0, 0.1) is 0 Å². The van der Waals surface area contributed by atoms with Crippen molar-refractivity contribution in [2.45, 2.75) is 11.9 Å². The van der Waals surface area contributed by atoms with Crippen molar-refractivity contribution in [3.8, 4) is 0 Å². The standard InChI is InChI=1S/C13H12BrCl2NS/c1-17(8-11-4-5-13(16)18-11)10-3-2-9(7-14)12(15)6-10/h2-6H,7-8H2,1H3. The van der Waals surface area contributed by atoms with E-state index < -0.39 is 0 Å². The van der Waals surface area contributed by atoms with Crippen LogP contribution in [-0.2, 0) is 11.9 Å². The van der Waals surface area contributed by atoms with Crippen LogP contribution in [0.5, 0.6) is 0 Å². The Morgan fingerprint density at radius 1 is 1.22 bits per heavy atom. The quantitative estimate of drug-likeness (QED) is 0.639. The van der Waals surface area contributed by atoms with E-state index in [0.717, 1.165) is 32.5 Å². The Labute approximate surface area is 129 Å². The second kappa shape index (κ2) is 6.29. The minimum Gasteiger partial charge on any atom is -0.369 e. The van der Waals surface area contributed by atoms with Gasteiger partial charge < -0.3 is 4.90 Å². The van der Waals surface area contributed by atoms with Crippen LogP contribution in [0.25, 0.3) is 0 Å². The Kier molecular flexibility index (Phi) is 4.96. The number of benzene rings is 1. The summed E-state index contributed by atoms with van der Waals surface area (Å²) in [7, 11) is 2.05. The summed E-state index contributed by atoms with van der Waals surface area (Å²) in [5.74, 6) is 0. The zero-order chi connectivity index (χ0) is 13.1. The van der Waals surface area contributed by atoms with E-state index in [1.54, 1.807) is 11.3 Å². The molecule has 0 amide bonds. The van der Waals surface area contributed by atoms with Gasteiger partial charge in [0.05, 0.1) is 10.9 Å². The first-order valence-corrected chi connectivity index (χ1v) is 8.09. The van der Waals surface area contributed by atoms with E-state index in [9.17, 15) is 0 Å². The number of thiophene rings is 1. The molecule has 0 saturated carbocycles. The number of halogens is 3. The number of hydrogen-bond acceptors (Lipinski definition) is 2. The molecule has 0 bridgehead atoms. The van der Waals surface area contributed by atoms with Crippen molar-refractivity contribution in [3.63, 3.8) is 0 Å². The summed E-state index contributed by atoms with van der Waals surface area (Å²) < 4.78 is 0.825. The molecule has 0 fully saturated rings. The van der Waals surface area contributed by atoms with Crippen molar-refractivity contribution in [1.29, 1.82) is 0 Å². The highest BCUT2D eigenvalue weighted by molar-refractivity contribution is 9.08. The molecule has 0 N–H and O–H groups in total. The Hall–Kier alpha value is -0.220. The molecule has 1 heterocycles. The van der Waals surface area contributed by atoms with Gasteiger partial charge in [-0.15, -0.1) is 11.3 Å². The van der Waals surface area contributed by atoms with Crippen molar-refractivity contribution >= 4 is 56.2 Å². The minimum atomic E-state index is 0.774. The zero-order valence-corrected chi connectivity index (χ0v) is 13.7. The molecule has 0 atom stereocenters. The maximum atomic E-state index is 6.21. The lowest BCUT2D eigenvalue weighted by atomic mass is 10.2. The predicted octanol–water partition coefficient (Wildman–Crippen LogP) is 5.59. The molecule has 0 radical (unpaired) electrons. The first kappa shape index (κ1) is 14.2. The van der Waals surface area contributed by atoms with E-state index >= 15 is 0 Å². The van der Waals surface area contributed by atoms with Gasteiger partial charge in [-0.1, -0.05) is 45.2 Å². The second-order valence-corrected chi connectivity index (χ2v) is 6.74. The van der Waals surface area contributed by atoms with Gasteiger partial charge in [0.15, 0.2) is 0 Å². The fourth-order valence-corrected chi connectivity index (χ4v) is 3.68. The summed E-state index contributed by atoms with van der Waals surface area (Å²) >= 11 is 17.2. The maximum absolute atomic E-state index is 6.21. The third-order valence-corrected chi connectivity index (χ3v) is 4.82. The molecule has 0 spiro atoms.